The van der Waals surface area contributed by atoms with Crippen LogP contribution in [0.1, 0.15) is 43.4 Å². The second kappa shape index (κ2) is 14.5. The number of amides is 5. The van der Waals surface area contributed by atoms with Gasteiger partial charge in [-0.1, -0.05) is 78.9 Å². The molecule has 0 aliphatic heterocycles. The van der Waals surface area contributed by atoms with Crippen LogP contribution in [0.2, 0.25) is 0 Å². The van der Waals surface area contributed by atoms with Crippen molar-refractivity contribution in [2.45, 2.75) is 44.9 Å². The smallest absolute Gasteiger partial charge is 0.426 e. The summed E-state index contributed by atoms with van der Waals surface area (Å²) < 4.78 is 11.4. The van der Waals surface area contributed by atoms with E-state index in [2.05, 4.69) is 16.1 Å². The van der Waals surface area contributed by atoms with E-state index in [1.807, 2.05) is 60.0 Å². The number of rotatable bonds is 10. The molecule has 12 nitrogen and oxygen atoms in total. The second-order valence-electron chi connectivity index (χ2n) is 11.2. The predicted octanol–water partition coefficient (Wildman–Crippen LogP) is 2.94. The molecule has 1 unspecified atom stereocenters. The van der Waals surface area contributed by atoms with Crippen LogP contribution in [0.15, 0.2) is 78.9 Å². The van der Waals surface area contributed by atoms with Crippen LogP contribution in [0.3, 0.4) is 0 Å². The van der Waals surface area contributed by atoms with E-state index in [1.165, 1.54) is 0 Å². The van der Waals surface area contributed by atoms with Gasteiger partial charge in [0.25, 0.3) is 5.91 Å². The molecule has 5 amide bonds. The van der Waals surface area contributed by atoms with Crippen LogP contribution in [0, 0.1) is 0 Å². The van der Waals surface area contributed by atoms with E-state index in [0.717, 1.165) is 27.3 Å². The number of benzene rings is 3. The van der Waals surface area contributed by atoms with Crippen LogP contribution in [-0.2, 0) is 25.6 Å². The molecule has 6 N–H and O–H groups in total. The zero-order valence-corrected chi connectivity index (χ0v) is 25.0. The van der Waals surface area contributed by atoms with Crippen LogP contribution in [0.25, 0.3) is 11.1 Å². The zero-order chi connectivity index (χ0) is 31.7. The van der Waals surface area contributed by atoms with Gasteiger partial charge in [0.1, 0.15) is 12.6 Å². The van der Waals surface area contributed by atoms with Gasteiger partial charge < -0.3 is 20.1 Å². The number of fused-ring (bicyclic) bond motifs is 3. The summed E-state index contributed by atoms with van der Waals surface area (Å²) in [5, 5.41) is 6.04. The summed E-state index contributed by atoms with van der Waals surface area (Å²) in [6.07, 6.45) is -0.843. The highest BCUT2D eigenvalue weighted by Crippen LogP contribution is 2.44. The molecular weight excluding hydrogens is 564 g/mol. The molecule has 232 valence electrons. The van der Waals surface area contributed by atoms with Crippen molar-refractivity contribution in [3.8, 4) is 11.1 Å². The van der Waals surface area contributed by atoms with Crippen LogP contribution in [0.4, 0.5) is 9.59 Å². The Balaban J connectivity index is 1.47. The molecule has 0 fully saturated rings. The first kappa shape index (κ1) is 32.0. The van der Waals surface area contributed by atoms with Gasteiger partial charge >= 0.3 is 12.1 Å². The Morgan fingerprint density at radius 2 is 1.48 bits per heavy atom. The van der Waals surface area contributed by atoms with Gasteiger partial charge in [-0.15, -0.1) is 0 Å². The van der Waals surface area contributed by atoms with Gasteiger partial charge in [-0.05, 0) is 48.6 Å². The topological polar surface area (TPSA) is 164 Å². The predicted molar refractivity (Wildman–Crippen MR) is 164 cm³/mol. The molecule has 0 saturated carbocycles. The quantitative estimate of drug-likeness (QED) is 0.135. The lowest BCUT2D eigenvalue weighted by Gasteiger charge is -2.28. The van der Waals surface area contributed by atoms with Crippen molar-refractivity contribution in [2.24, 2.45) is 5.84 Å². The summed E-state index contributed by atoms with van der Waals surface area (Å²) in [4.78, 5) is 51.1. The summed E-state index contributed by atoms with van der Waals surface area (Å²) in [5.41, 5.74) is 8.82. The van der Waals surface area contributed by atoms with E-state index in [-0.39, 0.29) is 25.7 Å². The maximum absolute atomic E-state index is 13.5. The fourth-order valence-corrected chi connectivity index (χ4v) is 4.75. The Hall–Kier alpha value is -4.94. The van der Waals surface area contributed by atoms with Gasteiger partial charge in [-0.3, -0.25) is 15.0 Å². The largest absolute Gasteiger partial charge is 0.447 e. The Kier molecular flexibility index (Phi) is 10.5. The number of carbonyl (C=O) groups is 4. The molecule has 3 aromatic carbocycles. The van der Waals surface area contributed by atoms with E-state index < -0.39 is 42.1 Å². The first-order valence-corrected chi connectivity index (χ1v) is 14.2. The molecule has 12 heteroatoms. The maximum atomic E-state index is 13.5. The van der Waals surface area contributed by atoms with Crippen molar-refractivity contribution < 1.29 is 28.7 Å². The highest BCUT2D eigenvalue weighted by atomic mass is 16.6. The van der Waals surface area contributed by atoms with E-state index in [1.54, 1.807) is 45.0 Å². The fraction of sp³-hybridized carbons (Fsp3) is 0.312. The van der Waals surface area contributed by atoms with Crippen molar-refractivity contribution in [3.05, 3.63) is 95.6 Å². The second-order valence-corrected chi connectivity index (χ2v) is 11.2. The minimum absolute atomic E-state index is 0.0269. The molecule has 1 aliphatic carbocycles. The molecule has 3 aromatic rings. The van der Waals surface area contributed by atoms with Crippen molar-refractivity contribution in [3.63, 3.8) is 0 Å². The zero-order valence-electron chi connectivity index (χ0n) is 25.0. The van der Waals surface area contributed by atoms with Crippen molar-refractivity contribution >= 4 is 23.9 Å². The lowest BCUT2D eigenvalue weighted by Crippen LogP contribution is -2.58. The third-order valence-electron chi connectivity index (χ3n) is 6.88. The Bertz CT molecular complexity index is 1430. The van der Waals surface area contributed by atoms with Crippen LogP contribution in [0.5, 0.6) is 0 Å². The monoisotopic (exact) mass is 602 g/mol. The molecule has 1 atom stereocenters. The number of urea groups is 1. The lowest BCUT2D eigenvalue weighted by atomic mass is 9.98. The number of nitrogens with one attached hydrogen (secondary N) is 4. The van der Waals surface area contributed by atoms with E-state index >= 15 is 0 Å². The van der Waals surface area contributed by atoms with Crippen molar-refractivity contribution in [2.75, 3.05) is 19.8 Å². The van der Waals surface area contributed by atoms with Gasteiger partial charge in [0.05, 0.1) is 25.3 Å². The van der Waals surface area contributed by atoms with Crippen LogP contribution in [-0.4, -0.2) is 60.3 Å². The number of hydrazine groups is 2. The average Bonchev–Trinajstić information content (AvgIpc) is 3.33. The number of carbonyl (C=O) groups excluding carboxylic acids is 4. The fourth-order valence-electron chi connectivity index (χ4n) is 4.75. The SMILES string of the molecule is CC(C)(C)OCC(NC(=O)N(Cc1ccccc1)NC(=O)OCC1c2ccccc2-c2ccccc21)C(=O)NCC(=O)NN. The lowest BCUT2D eigenvalue weighted by molar-refractivity contribution is -0.129. The number of hydrogen-bond acceptors (Lipinski definition) is 7. The van der Waals surface area contributed by atoms with Gasteiger partial charge in [0, 0.05) is 5.92 Å². The van der Waals surface area contributed by atoms with E-state index in [4.69, 9.17) is 15.3 Å². The summed E-state index contributed by atoms with van der Waals surface area (Å²) in [5.74, 6) is 3.63. The molecule has 0 radical (unpaired) electrons. The van der Waals surface area contributed by atoms with Crippen LogP contribution < -0.4 is 27.3 Å². The third-order valence-corrected chi connectivity index (χ3v) is 6.88. The first-order valence-electron chi connectivity index (χ1n) is 14.2. The Morgan fingerprint density at radius 1 is 0.886 bits per heavy atom. The van der Waals surface area contributed by atoms with E-state index in [9.17, 15) is 19.2 Å². The summed E-state index contributed by atoms with van der Waals surface area (Å²) in [7, 11) is 0. The normalized spacial score (nSPS) is 12.7. The van der Waals surface area contributed by atoms with Gasteiger partial charge in [-0.2, -0.15) is 0 Å². The first-order chi connectivity index (χ1) is 21.1. The molecule has 0 aromatic heterocycles. The minimum atomic E-state index is -1.20. The average molecular weight is 603 g/mol. The molecule has 0 bridgehead atoms. The standard InChI is InChI=1S/C32H38N6O6/c1-32(2,3)44-20-27(29(40)34-17-28(39)36-33)35-30(41)38(18-21-11-5-4-6-12-21)37-31(42)43-19-26-24-15-9-7-13-22(24)23-14-8-10-16-25(23)26/h4-16,26-27H,17-20,33H2,1-3H3,(H,34,40)(H,35,41)(H,36,39)(H,37,42). The molecule has 0 heterocycles. The van der Waals surface area contributed by atoms with Crippen LogP contribution >= 0.6 is 0 Å². The third kappa shape index (κ3) is 8.55. The van der Waals surface area contributed by atoms with Crippen molar-refractivity contribution in [1.82, 2.24) is 26.5 Å². The van der Waals surface area contributed by atoms with Gasteiger partial charge in [-0.25, -0.2) is 25.9 Å². The van der Waals surface area contributed by atoms with E-state index in [0.29, 0.717) is 5.56 Å². The summed E-state index contributed by atoms with van der Waals surface area (Å²) >= 11 is 0. The molecule has 0 spiro atoms. The van der Waals surface area contributed by atoms with Gasteiger partial charge in [0.2, 0.25) is 5.91 Å². The van der Waals surface area contributed by atoms with Crippen molar-refractivity contribution in [1.29, 1.82) is 0 Å². The number of ether oxygens (including phenoxy) is 2. The minimum Gasteiger partial charge on any atom is -0.447 e. The number of nitrogens with two attached hydrogens (primary N) is 1. The summed E-state index contributed by atoms with van der Waals surface area (Å²) in [6.45, 7) is 4.82. The summed E-state index contributed by atoms with van der Waals surface area (Å²) in [6, 6.07) is 23.0. The molecule has 4 rings (SSSR count). The molecule has 44 heavy (non-hydrogen) atoms. The number of nitrogens with zero attached hydrogens (tertiary/aromatic N) is 1. The highest BCUT2D eigenvalue weighted by molar-refractivity contribution is 5.90. The van der Waals surface area contributed by atoms with Gasteiger partial charge in [0.15, 0.2) is 0 Å². The molecule has 0 saturated heterocycles. The Morgan fingerprint density at radius 3 is 2.07 bits per heavy atom. The maximum Gasteiger partial charge on any atom is 0.426 e. The number of hydrogen-bond donors (Lipinski definition) is 5. The highest BCUT2D eigenvalue weighted by Gasteiger charge is 2.30. The Labute approximate surface area is 256 Å². The molecule has 1 aliphatic rings. The molecular formula is C32H38N6O6.